The summed E-state index contributed by atoms with van der Waals surface area (Å²) in [6, 6.07) is 11.3. The van der Waals surface area contributed by atoms with E-state index in [1.165, 1.54) is 4.90 Å². The Balaban J connectivity index is 1.39. The van der Waals surface area contributed by atoms with E-state index < -0.39 is 29.9 Å². The van der Waals surface area contributed by atoms with E-state index in [0.29, 0.717) is 41.7 Å². The first-order valence-electron chi connectivity index (χ1n) is 10.6. The van der Waals surface area contributed by atoms with Gasteiger partial charge in [0.25, 0.3) is 5.91 Å². The van der Waals surface area contributed by atoms with Crippen LogP contribution in [-0.2, 0) is 19.9 Å². The van der Waals surface area contributed by atoms with Gasteiger partial charge in [-0.15, -0.1) is 0 Å². The highest BCUT2D eigenvalue weighted by atomic mass is 16.5. The number of fused-ring (bicyclic) bond motifs is 2. The fraction of sp³-hybridized carbons (Fsp3) is 0.304. The van der Waals surface area contributed by atoms with Gasteiger partial charge in [0.2, 0.25) is 11.8 Å². The van der Waals surface area contributed by atoms with E-state index in [1.807, 2.05) is 0 Å². The Morgan fingerprint density at radius 3 is 2.64 bits per heavy atom. The maximum atomic E-state index is 13.3. The standard InChI is InChI=1S/C23H22N4O6/c1-23(14-7-8-17-18(11-14)33-10-4-9-32-17)21(30)27(22(31)25-23)13-20(29)26-12-19(28)24-15-5-2-3-6-16(15)26/h2-3,5-8,11H,4,9-10,12-13H2,1H3,(H,24,28)(H,25,31)/t23-/m1/s1. The first kappa shape index (κ1) is 20.8. The minimum absolute atomic E-state index is 0.196. The largest absolute Gasteiger partial charge is 0.490 e. The van der Waals surface area contributed by atoms with Crippen molar-refractivity contribution in [1.29, 1.82) is 0 Å². The van der Waals surface area contributed by atoms with Crippen LogP contribution in [-0.4, -0.2) is 55.0 Å². The smallest absolute Gasteiger partial charge is 0.325 e. The molecule has 0 radical (unpaired) electrons. The summed E-state index contributed by atoms with van der Waals surface area (Å²) in [7, 11) is 0. The van der Waals surface area contributed by atoms with Crippen LogP contribution in [0.25, 0.3) is 0 Å². The van der Waals surface area contributed by atoms with Crippen LogP contribution in [0.2, 0.25) is 0 Å². The topological polar surface area (TPSA) is 117 Å². The molecule has 3 aliphatic rings. The molecule has 10 nitrogen and oxygen atoms in total. The molecule has 5 rings (SSSR count). The lowest BCUT2D eigenvalue weighted by Crippen LogP contribution is -2.48. The average molecular weight is 450 g/mol. The van der Waals surface area contributed by atoms with Crippen LogP contribution in [0.4, 0.5) is 16.2 Å². The molecule has 5 amide bonds. The summed E-state index contributed by atoms with van der Waals surface area (Å²) in [5.74, 6) is -0.380. The molecule has 2 N–H and O–H groups in total. The highest BCUT2D eigenvalue weighted by Gasteiger charge is 2.50. The second-order valence-corrected chi connectivity index (χ2v) is 8.20. The van der Waals surface area contributed by atoms with Crippen molar-refractivity contribution in [2.24, 2.45) is 0 Å². The predicted octanol–water partition coefficient (Wildman–Crippen LogP) is 1.60. The van der Waals surface area contributed by atoms with Gasteiger partial charge in [-0.05, 0) is 36.8 Å². The maximum absolute atomic E-state index is 13.3. The van der Waals surface area contributed by atoms with E-state index in [0.717, 1.165) is 11.3 Å². The summed E-state index contributed by atoms with van der Waals surface area (Å²) in [6.45, 7) is 1.91. The monoisotopic (exact) mass is 450 g/mol. The van der Waals surface area contributed by atoms with Gasteiger partial charge in [-0.2, -0.15) is 0 Å². The molecule has 3 aliphatic heterocycles. The van der Waals surface area contributed by atoms with Crippen LogP contribution in [0.15, 0.2) is 42.5 Å². The molecule has 3 heterocycles. The first-order valence-corrected chi connectivity index (χ1v) is 10.6. The fourth-order valence-corrected chi connectivity index (χ4v) is 4.19. The number of ether oxygens (including phenoxy) is 2. The highest BCUT2D eigenvalue weighted by Crippen LogP contribution is 2.37. The second-order valence-electron chi connectivity index (χ2n) is 8.20. The lowest BCUT2D eigenvalue weighted by Gasteiger charge is -2.30. The summed E-state index contributed by atoms with van der Waals surface area (Å²) >= 11 is 0. The Morgan fingerprint density at radius 2 is 1.82 bits per heavy atom. The van der Waals surface area contributed by atoms with E-state index in [-0.39, 0.29) is 12.5 Å². The zero-order chi connectivity index (χ0) is 23.2. The number of nitrogens with one attached hydrogen (secondary N) is 2. The van der Waals surface area contributed by atoms with E-state index in [2.05, 4.69) is 10.6 Å². The number of carbonyl (C=O) groups excluding carboxylic acids is 4. The molecule has 33 heavy (non-hydrogen) atoms. The zero-order valence-electron chi connectivity index (χ0n) is 17.9. The van der Waals surface area contributed by atoms with Gasteiger partial charge in [0.15, 0.2) is 11.5 Å². The van der Waals surface area contributed by atoms with Crippen molar-refractivity contribution in [3.05, 3.63) is 48.0 Å². The number of amides is 5. The molecule has 0 saturated carbocycles. The number of nitrogens with zero attached hydrogens (tertiary/aromatic N) is 2. The van der Waals surface area contributed by atoms with Gasteiger partial charge in [0.05, 0.1) is 24.6 Å². The second kappa shape index (κ2) is 7.80. The number of anilines is 2. The average Bonchev–Trinajstić information content (AvgIpc) is 2.96. The lowest BCUT2D eigenvalue weighted by molar-refractivity contribution is -0.134. The van der Waals surface area contributed by atoms with Crippen molar-refractivity contribution >= 4 is 35.1 Å². The van der Waals surface area contributed by atoms with Crippen molar-refractivity contribution in [3.8, 4) is 11.5 Å². The van der Waals surface area contributed by atoms with Crippen molar-refractivity contribution in [1.82, 2.24) is 10.2 Å². The molecule has 0 bridgehead atoms. The van der Waals surface area contributed by atoms with Gasteiger partial charge in [-0.1, -0.05) is 18.2 Å². The Hall–Kier alpha value is -4.08. The van der Waals surface area contributed by atoms with Gasteiger partial charge in [0.1, 0.15) is 18.6 Å². The van der Waals surface area contributed by atoms with Crippen LogP contribution in [0.3, 0.4) is 0 Å². The first-order chi connectivity index (χ1) is 15.9. The van der Waals surface area contributed by atoms with Crippen molar-refractivity contribution in [3.63, 3.8) is 0 Å². The van der Waals surface area contributed by atoms with E-state index in [4.69, 9.17) is 9.47 Å². The van der Waals surface area contributed by atoms with Gasteiger partial charge in [-0.25, -0.2) is 4.79 Å². The number of benzene rings is 2. The number of hydrogen-bond donors (Lipinski definition) is 2. The van der Waals surface area contributed by atoms with Gasteiger partial charge in [-0.3, -0.25) is 24.2 Å². The highest BCUT2D eigenvalue weighted by molar-refractivity contribution is 6.14. The van der Waals surface area contributed by atoms with E-state index in [9.17, 15) is 19.2 Å². The minimum atomic E-state index is -1.38. The molecule has 2 aromatic carbocycles. The molecule has 0 spiro atoms. The Labute approximate surface area is 189 Å². The normalized spacial score (nSPS) is 21.8. The van der Waals surface area contributed by atoms with Crippen LogP contribution in [0.5, 0.6) is 11.5 Å². The maximum Gasteiger partial charge on any atom is 0.325 e. The summed E-state index contributed by atoms with van der Waals surface area (Å²) in [5, 5.41) is 5.40. The van der Waals surface area contributed by atoms with Gasteiger partial charge >= 0.3 is 6.03 Å². The number of hydrogen-bond acceptors (Lipinski definition) is 6. The van der Waals surface area contributed by atoms with Gasteiger partial charge in [0, 0.05) is 6.42 Å². The predicted molar refractivity (Wildman–Crippen MR) is 117 cm³/mol. The third-order valence-corrected chi connectivity index (χ3v) is 5.96. The molecular formula is C23H22N4O6. The summed E-state index contributed by atoms with van der Waals surface area (Å²) < 4.78 is 11.3. The fourth-order valence-electron chi connectivity index (χ4n) is 4.19. The molecule has 0 aromatic heterocycles. The molecule has 0 unspecified atom stereocenters. The SMILES string of the molecule is C[C@]1(c2ccc3c(c2)OCCCO3)NC(=O)N(CC(=O)N2CC(=O)Nc3ccccc32)C1=O. The van der Waals surface area contributed by atoms with Crippen LogP contribution in [0.1, 0.15) is 18.9 Å². The number of urea groups is 1. The zero-order valence-corrected chi connectivity index (χ0v) is 17.9. The molecule has 0 aliphatic carbocycles. The van der Waals surface area contributed by atoms with Crippen LogP contribution in [0, 0.1) is 0 Å². The lowest BCUT2D eigenvalue weighted by atomic mass is 9.91. The number of para-hydroxylation sites is 2. The molecule has 170 valence electrons. The van der Waals surface area contributed by atoms with Crippen LogP contribution >= 0.6 is 0 Å². The third kappa shape index (κ3) is 3.53. The number of carbonyl (C=O) groups is 4. The molecule has 10 heteroatoms. The summed E-state index contributed by atoms with van der Waals surface area (Å²) in [6.07, 6.45) is 0.741. The molecule has 1 atom stereocenters. The molecule has 2 aromatic rings. The number of imide groups is 1. The van der Waals surface area contributed by atoms with Crippen molar-refractivity contribution in [2.75, 3.05) is 36.5 Å². The minimum Gasteiger partial charge on any atom is -0.490 e. The number of rotatable bonds is 3. The quantitative estimate of drug-likeness (QED) is 0.686. The third-order valence-electron chi connectivity index (χ3n) is 5.96. The van der Waals surface area contributed by atoms with Crippen molar-refractivity contribution in [2.45, 2.75) is 18.9 Å². The van der Waals surface area contributed by atoms with E-state index >= 15 is 0 Å². The summed E-state index contributed by atoms with van der Waals surface area (Å²) in [5.41, 5.74) is 0.151. The van der Waals surface area contributed by atoms with Gasteiger partial charge < -0.3 is 20.1 Å². The molecule has 1 fully saturated rings. The molecule has 1 saturated heterocycles. The Kier molecular flexibility index (Phi) is 4.92. The Morgan fingerprint density at radius 1 is 1.06 bits per heavy atom. The summed E-state index contributed by atoms with van der Waals surface area (Å²) in [4.78, 5) is 53.3. The van der Waals surface area contributed by atoms with Crippen molar-refractivity contribution < 1.29 is 28.7 Å². The van der Waals surface area contributed by atoms with E-state index in [1.54, 1.807) is 49.4 Å². The molecular weight excluding hydrogens is 428 g/mol. The van der Waals surface area contributed by atoms with Crippen LogP contribution < -0.4 is 25.0 Å². The Bertz CT molecular complexity index is 1180.